The average molecular weight is 343 g/mol. The van der Waals surface area contributed by atoms with Gasteiger partial charge in [-0.1, -0.05) is 51.1 Å². The first kappa shape index (κ1) is 17.1. The first-order valence-corrected chi connectivity index (χ1v) is 9.32. The summed E-state index contributed by atoms with van der Waals surface area (Å²) in [4.78, 5) is 19.2. The lowest BCUT2D eigenvalue weighted by Gasteiger charge is -2.17. The Kier molecular flexibility index (Phi) is 5.01. The third kappa shape index (κ3) is 4.02. The summed E-state index contributed by atoms with van der Waals surface area (Å²) >= 11 is 1.70. The zero-order chi connectivity index (χ0) is 17.2. The standard InChI is InChI=1S/C19H25N3OS/c1-19(2,3)18-21-15(13-24-18)11-20-16-9-10-22(17(16)23)12-14-7-5-4-6-8-14/h4-8,13,16,20H,9-12H2,1-3H3/t16-/m1/s1. The molecule has 2 heterocycles. The van der Waals surface area contributed by atoms with E-state index >= 15 is 0 Å². The van der Waals surface area contributed by atoms with Gasteiger partial charge in [0.15, 0.2) is 0 Å². The molecular formula is C19H25N3OS. The molecule has 4 nitrogen and oxygen atoms in total. The Hall–Kier alpha value is -1.72. The van der Waals surface area contributed by atoms with Gasteiger partial charge in [-0.25, -0.2) is 4.98 Å². The molecule has 0 radical (unpaired) electrons. The quantitative estimate of drug-likeness (QED) is 0.906. The highest BCUT2D eigenvalue weighted by Crippen LogP contribution is 2.25. The van der Waals surface area contributed by atoms with Crippen LogP contribution in [0.2, 0.25) is 0 Å². The van der Waals surface area contributed by atoms with E-state index in [2.05, 4.69) is 48.6 Å². The van der Waals surface area contributed by atoms with Crippen molar-refractivity contribution >= 4 is 17.2 Å². The maximum atomic E-state index is 12.5. The minimum absolute atomic E-state index is 0.0819. The van der Waals surface area contributed by atoms with Crippen molar-refractivity contribution in [3.8, 4) is 0 Å². The number of benzene rings is 1. The van der Waals surface area contributed by atoms with Gasteiger partial charge in [0.25, 0.3) is 0 Å². The molecule has 1 amide bonds. The number of hydrogen-bond acceptors (Lipinski definition) is 4. The normalized spacial score (nSPS) is 18.4. The molecule has 0 saturated carbocycles. The van der Waals surface area contributed by atoms with Crippen LogP contribution in [0, 0.1) is 0 Å². The summed E-state index contributed by atoms with van der Waals surface area (Å²) in [5, 5.41) is 6.61. The summed E-state index contributed by atoms with van der Waals surface area (Å²) in [6.45, 7) is 8.68. The van der Waals surface area contributed by atoms with E-state index in [1.54, 1.807) is 11.3 Å². The van der Waals surface area contributed by atoms with Crippen LogP contribution in [-0.4, -0.2) is 28.4 Å². The van der Waals surface area contributed by atoms with Crippen LogP contribution < -0.4 is 5.32 Å². The van der Waals surface area contributed by atoms with Gasteiger partial charge in [0.2, 0.25) is 5.91 Å². The van der Waals surface area contributed by atoms with Crippen molar-refractivity contribution in [2.75, 3.05) is 6.54 Å². The van der Waals surface area contributed by atoms with Gasteiger partial charge in [-0.05, 0) is 12.0 Å². The molecule has 1 N–H and O–H groups in total. The van der Waals surface area contributed by atoms with Gasteiger partial charge < -0.3 is 10.2 Å². The second kappa shape index (κ2) is 7.03. The fourth-order valence-electron chi connectivity index (χ4n) is 2.85. The van der Waals surface area contributed by atoms with Crippen LogP contribution in [0.1, 0.15) is 43.5 Å². The Balaban J connectivity index is 1.53. The zero-order valence-electron chi connectivity index (χ0n) is 14.6. The van der Waals surface area contributed by atoms with Crippen LogP contribution in [0.3, 0.4) is 0 Å². The van der Waals surface area contributed by atoms with Crippen molar-refractivity contribution in [2.45, 2.75) is 51.7 Å². The largest absolute Gasteiger partial charge is 0.337 e. The summed E-state index contributed by atoms with van der Waals surface area (Å²) in [6.07, 6.45) is 0.863. The summed E-state index contributed by atoms with van der Waals surface area (Å²) in [7, 11) is 0. The number of thiazole rings is 1. The van der Waals surface area contributed by atoms with Crippen LogP contribution in [0.4, 0.5) is 0 Å². The molecular weight excluding hydrogens is 318 g/mol. The lowest BCUT2D eigenvalue weighted by atomic mass is 9.98. The molecule has 1 aliphatic rings. The van der Waals surface area contributed by atoms with Crippen LogP contribution in [0.5, 0.6) is 0 Å². The van der Waals surface area contributed by atoms with Gasteiger partial charge in [0.05, 0.1) is 16.7 Å². The number of aromatic nitrogens is 1. The molecule has 0 aliphatic carbocycles. The lowest BCUT2D eigenvalue weighted by molar-refractivity contribution is -0.129. The van der Waals surface area contributed by atoms with E-state index in [0.29, 0.717) is 13.1 Å². The van der Waals surface area contributed by atoms with E-state index in [1.165, 1.54) is 5.56 Å². The highest BCUT2D eigenvalue weighted by Gasteiger charge is 2.31. The molecule has 1 fully saturated rings. The molecule has 0 spiro atoms. The summed E-state index contributed by atoms with van der Waals surface area (Å²) in [5.41, 5.74) is 2.29. The van der Waals surface area contributed by atoms with Crippen molar-refractivity contribution < 1.29 is 4.79 Å². The number of hydrogen-bond donors (Lipinski definition) is 1. The third-order valence-corrected chi connectivity index (χ3v) is 5.55. The van der Waals surface area contributed by atoms with Crippen LogP contribution in [0.15, 0.2) is 35.7 Å². The molecule has 24 heavy (non-hydrogen) atoms. The third-order valence-electron chi connectivity index (χ3n) is 4.24. The van der Waals surface area contributed by atoms with Gasteiger partial charge in [0, 0.05) is 30.4 Å². The maximum absolute atomic E-state index is 12.5. The van der Waals surface area contributed by atoms with E-state index in [1.807, 2.05) is 23.1 Å². The number of rotatable bonds is 5. The summed E-state index contributed by atoms with van der Waals surface area (Å²) < 4.78 is 0. The van der Waals surface area contributed by atoms with E-state index < -0.39 is 0 Å². The zero-order valence-corrected chi connectivity index (χ0v) is 15.4. The molecule has 1 saturated heterocycles. The predicted octanol–water partition coefficient (Wildman–Crippen LogP) is 3.33. The van der Waals surface area contributed by atoms with Crippen molar-refractivity contribution in [1.82, 2.24) is 15.2 Å². The topological polar surface area (TPSA) is 45.2 Å². The van der Waals surface area contributed by atoms with Gasteiger partial charge >= 0.3 is 0 Å². The lowest BCUT2D eigenvalue weighted by Crippen LogP contribution is -2.37. The Morgan fingerprint density at radius 1 is 1.29 bits per heavy atom. The molecule has 2 aromatic rings. The average Bonchev–Trinajstić information content (AvgIpc) is 3.15. The molecule has 0 bridgehead atoms. The van der Waals surface area contributed by atoms with E-state index in [4.69, 9.17) is 0 Å². The van der Waals surface area contributed by atoms with E-state index in [0.717, 1.165) is 23.7 Å². The predicted molar refractivity (Wildman–Crippen MR) is 97.9 cm³/mol. The van der Waals surface area contributed by atoms with E-state index in [9.17, 15) is 4.79 Å². The van der Waals surface area contributed by atoms with Gasteiger partial charge in [-0.15, -0.1) is 11.3 Å². The SMILES string of the molecule is CC(C)(C)c1nc(CN[C@@H]2CCN(Cc3ccccc3)C2=O)cs1. The minimum atomic E-state index is -0.0894. The van der Waals surface area contributed by atoms with Crippen molar-refractivity contribution in [2.24, 2.45) is 0 Å². The maximum Gasteiger partial charge on any atom is 0.240 e. The first-order chi connectivity index (χ1) is 11.4. The Labute approximate surface area is 147 Å². The Morgan fingerprint density at radius 2 is 2.04 bits per heavy atom. The summed E-state index contributed by atoms with van der Waals surface area (Å²) in [5.74, 6) is 0.199. The van der Waals surface area contributed by atoms with Crippen LogP contribution >= 0.6 is 11.3 Å². The van der Waals surface area contributed by atoms with Crippen molar-refractivity contribution in [3.63, 3.8) is 0 Å². The molecule has 0 unspecified atom stereocenters. The monoisotopic (exact) mass is 343 g/mol. The second-order valence-corrected chi connectivity index (χ2v) is 8.22. The highest BCUT2D eigenvalue weighted by atomic mass is 32.1. The second-order valence-electron chi connectivity index (χ2n) is 7.36. The number of nitrogens with zero attached hydrogens (tertiary/aromatic N) is 2. The molecule has 1 atom stereocenters. The van der Waals surface area contributed by atoms with Gasteiger partial charge in [0.1, 0.15) is 0 Å². The first-order valence-electron chi connectivity index (χ1n) is 8.44. The molecule has 3 rings (SSSR count). The number of carbonyl (C=O) groups is 1. The number of nitrogens with one attached hydrogen (secondary N) is 1. The van der Waals surface area contributed by atoms with Crippen LogP contribution in [0.25, 0.3) is 0 Å². The molecule has 1 aromatic carbocycles. The molecule has 1 aromatic heterocycles. The van der Waals surface area contributed by atoms with Gasteiger partial charge in [-0.3, -0.25) is 4.79 Å². The van der Waals surface area contributed by atoms with Crippen molar-refractivity contribution in [1.29, 1.82) is 0 Å². The fourth-order valence-corrected chi connectivity index (χ4v) is 3.76. The number of likely N-dealkylation sites (tertiary alicyclic amines) is 1. The highest BCUT2D eigenvalue weighted by molar-refractivity contribution is 7.09. The Morgan fingerprint density at radius 3 is 2.71 bits per heavy atom. The van der Waals surface area contributed by atoms with E-state index in [-0.39, 0.29) is 17.4 Å². The van der Waals surface area contributed by atoms with Crippen molar-refractivity contribution in [3.05, 3.63) is 52.0 Å². The van der Waals surface area contributed by atoms with Gasteiger partial charge in [-0.2, -0.15) is 0 Å². The number of carbonyl (C=O) groups excluding carboxylic acids is 1. The molecule has 128 valence electrons. The fraction of sp³-hybridized carbons (Fsp3) is 0.474. The van der Waals surface area contributed by atoms with Crippen LogP contribution in [-0.2, 0) is 23.3 Å². The number of amides is 1. The Bertz CT molecular complexity index is 690. The molecule has 1 aliphatic heterocycles. The summed E-state index contributed by atoms with van der Waals surface area (Å²) in [6, 6.07) is 10.1. The minimum Gasteiger partial charge on any atom is -0.337 e. The molecule has 5 heteroatoms. The smallest absolute Gasteiger partial charge is 0.240 e.